The minimum atomic E-state index is -4.64. The van der Waals surface area contributed by atoms with Gasteiger partial charge in [-0.2, -0.15) is 13.2 Å². The smallest absolute Gasteiger partial charge is 0.417 e. The summed E-state index contributed by atoms with van der Waals surface area (Å²) in [5.41, 5.74) is 2.77. The number of thiazole rings is 1. The molecule has 14 heteroatoms. The number of anilines is 3. The van der Waals surface area contributed by atoms with Crippen LogP contribution < -0.4 is 20.7 Å². The van der Waals surface area contributed by atoms with Crippen LogP contribution in [0.15, 0.2) is 73.3 Å². The lowest BCUT2D eigenvalue weighted by Crippen LogP contribution is -2.21. The molecule has 0 bridgehead atoms. The first-order valence-corrected chi connectivity index (χ1v) is 15.0. The molecule has 5 aromatic rings. The fourth-order valence-corrected chi connectivity index (χ4v) is 5.06. The Labute approximate surface area is 267 Å². The largest absolute Gasteiger partial charge is 0.424 e. The van der Waals surface area contributed by atoms with Gasteiger partial charge in [-0.1, -0.05) is 23.5 Å². The zero-order valence-electron chi connectivity index (χ0n) is 25.1. The maximum absolute atomic E-state index is 13.4. The van der Waals surface area contributed by atoms with E-state index in [1.165, 1.54) is 23.7 Å². The van der Waals surface area contributed by atoms with Crippen molar-refractivity contribution in [3.8, 4) is 33.5 Å². The van der Waals surface area contributed by atoms with Crippen molar-refractivity contribution in [3.63, 3.8) is 0 Å². The van der Waals surface area contributed by atoms with Gasteiger partial charge >= 0.3 is 18.2 Å². The fraction of sp³-hybridized carbons (Fsp3) is 0.219. The highest BCUT2D eigenvalue weighted by atomic mass is 32.1. The van der Waals surface area contributed by atoms with E-state index in [0.717, 1.165) is 39.0 Å². The van der Waals surface area contributed by atoms with Gasteiger partial charge in [0, 0.05) is 31.1 Å². The van der Waals surface area contributed by atoms with E-state index < -0.39 is 17.8 Å². The SMILES string of the molecule is CCOCCNc1ncc(-c2ccc(Oc3ncc(NC(=O)Nc4cc(C(F)(F)F)cnc4-c4ccc(C)c(C)c4)cn3)cc2)s1. The standard InChI is InChI=1S/C32H30F3N7O3S/c1-4-44-12-11-36-31-40-18-27(46-31)21-7-9-25(10-8-21)45-30-38-16-24(17-39-30)41-29(43)42-26-14-23(32(33,34)35)15-37-28(26)22-6-5-19(2)20(3)13-22/h5-10,13-18H,4,11-12H2,1-3H3,(H,36,40)(H2,41,42,43). The highest BCUT2D eigenvalue weighted by Gasteiger charge is 2.32. The Balaban J connectivity index is 1.21. The molecule has 3 N–H and O–H groups in total. The van der Waals surface area contributed by atoms with Crippen LogP contribution in [-0.4, -0.2) is 45.7 Å². The van der Waals surface area contributed by atoms with Crippen molar-refractivity contribution in [1.29, 1.82) is 0 Å². The predicted octanol–water partition coefficient (Wildman–Crippen LogP) is 8.18. The molecule has 0 fully saturated rings. The Kier molecular flexibility index (Phi) is 10.1. The van der Waals surface area contributed by atoms with E-state index in [1.807, 2.05) is 39.0 Å². The Hall–Kier alpha value is -5.08. The molecular formula is C32H30F3N7O3S. The van der Waals surface area contributed by atoms with Crippen LogP contribution in [-0.2, 0) is 10.9 Å². The number of rotatable bonds is 11. The fourth-order valence-electron chi connectivity index (χ4n) is 4.21. The average molecular weight is 650 g/mol. The second-order valence-electron chi connectivity index (χ2n) is 10.0. The molecule has 3 aromatic heterocycles. The highest BCUT2D eigenvalue weighted by molar-refractivity contribution is 7.18. The number of nitrogens with zero attached hydrogens (tertiary/aromatic N) is 4. The zero-order valence-corrected chi connectivity index (χ0v) is 25.9. The maximum Gasteiger partial charge on any atom is 0.417 e. The van der Waals surface area contributed by atoms with Gasteiger partial charge in [-0.3, -0.25) is 4.98 Å². The van der Waals surface area contributed by atoms with Gasteiger partial charge in [-0.05, 0) is 73.9 Å². The molecule has 10 nitrogen and oxygen atoms in total. The Bertz CT molecular complexity index is 1800. The van der Waals surface area contributed by atoms with Crippen molar-refractivity contribution >= 4 is 33.9 Å². The van der Waals surface area contributed by atoms with Crippen molar-refractivity contribution in [2.45, 2.75) is 26.9 Å². The van der Waals surface area contributed by atoms with Gasteiger partial charge in [0.1, 0.15) is 5.75 Å². The number of benzene rings is 2. The molecule has 0 radical (unpaired) electrons. The molecule has 0 aliphatic carbocycles. The average Bonchev–Trinajstić information content (AvgIpc) is 3.50. The lowest BCUT2D eigenvalue weighted by Gasteiger charge is -2.15. The van der Waals surface area contributed by atoms with Crippen LogP contribution in [0.5, 0.6) is 11.8 Å². The van der Waals surface area contributed by atoms with Gasteiger partial charge in [0.05, 0.1) is 46.5 Å². The minimum absolute atomic E-state index is 0.0383. The molecule has 0 saturated carbocycles. The third kappa shape index (κ3) is 8.34. The first-order chi connectivity index (χ1) is 22.1. The van der Waals surface area contributed by atoms with Crippen molar-refractivity contribution in [2.24, 2.45) is 0 Å². The van der Waals surface area contributed by atoms with Gasteiger partial charge in [-0.15, -0.1) is 0 Å². The number of hydrogen-bond donors (Lipinski definition) is 3. The summed E-state index contributed by atoms with van der Waals surface area (Å²) >= 11 is 1.53. The van der Waals surface area contributed by atoms with Crippen LogP contribution in [0.4, 0.5) is 34.5 Å². The van der Waals surface area contributed by atoms with Crippen molar-refractivity contribution in [1.82, 2.24) is 19.9 Å². The third-order valence-corrected chi connectivity index (χ3v) is 7.71. The van der Waals surface area contributed by atoms with Gasteiger partial charge < -0.3 is 25.4 Å². The summed E-state index contributed by atoms with van der Waals surface area (Å²) in [5, 5.41) is 9.04. The van der Waals surface area contributed by atoms with Crippen LogP contribution in [0.1, 0.15) is 23.6 Å². The Morgan fingerprint density at radius 3 is 2.30 bits per heavy atom. The number of alkyl halides is 3. The molecular weight excluding hydrogens is 619 g/mol. The van der Waals surface area contributed by atoms with E-state index in [-0.39, 0.29) is 23.1 Å². The van der Waals surface area contributed by atoms with E-state index in [0.29, 0.717) is 31.1 Å². The van der Waals surface area contributed by atoms with E-state index in [1.54, 1.807) is 30.5 Å². The lowest BCUT2D eigenvalue weighted by atomic mass is 10.0. The number of ether oxygens (including phenoxy) is 2. The molecule has 0 atom stereocenters. The quantitative estimate of drug-likeness (QED) is 0.122. The van der Waals surface area contributed by atoms with Gasteiger partial charge in [0.15, 0.2) is 5.13 Å². The van der Waals surface area contributed by atoms with Crippen LogP contribution in [0.25, 0.3) is 21.7 Å². The van der Waals surface area contributed by atoms with Crippen LogP contribution in [0.2, 0.25) is 0 Å². The summed E-state index contributed by atoms with van der Waals surface area (Å²) in [7, 11) is 0. The molecule has 238 valence electrons. The van der Waals surface area contributed by atoms with Gasteiger partial charge in [0.25, 0.3) is 0 Å². The number of nitrogens with one attached hydrogen (secondary N) is 3. The first kappa shape index (κ1) is 32.3. The number of halogens is 3. The Morgan fingerprint density at radius 1 is 0.870 bits per heavy atom. The number of carbonyl (C=O) groups excluding carboxylic acids is 1. The number of hydrogen-bond acceptors (Lipinski definition) is 9. The number of amides is 2. The van der Waals surface area contributed by atoms with Crippen molar-refractivity contribution in [2.75, 3.05) is 35.7 Å². The van der Waals surface area contributed by atoms with Crippen molar-refractivity contribution in [3.05, 3.63) is 90.0 Å². The minimum Gasteiger partial charge on any atom is -0.424 e. The third-order valence-electron chi connectivity index (χ3n) is 6.71. The molecule has 2 aromatic carbocycles. The molecule has 5 rings (SSSR count). The predicted molar refractivity (Wildman–Crippen MR) is 171 cm³/mol. The second-order valence-corrected chi connectivity index (χ2v) is 11.1. The zero-order chi connectivity index (χ0) is 32.7. The van der Waals surface area contributed by atoms with Gasteiger partial charge in [0.2, 0.25) is 0 Å². The normalized spacial score (nSPS) is 11.3. The molecule has 2 amide bonds. The molecule has 0 aliphatic heterocycles. The first-order valence-electron chi connectivity index (χ1n) is 14.2. The van der Waals surface area contributed by atoms with E-state index in [4.69, 9.17) is 9.47 Å². The molecule has 0 spiro atoms. The summed E-state index contributed by atoms with van der Waals surface area (Å²) in [4.78, 5) is 30.5. The highest BCUT2D eigenvalue weighted by Crippen LogP contribution is 2.35. The number of urea groups is 1. The summed E-state index contributed by atoms with van der Waals surface area (Å²) in [5.74, 6) is 0.498. The summed E-state index contributed by atoms with van der Waals surface area (Å²) < 4.78 is 51.4. The summed E-state index contributed by atoms with van der Waals surface area (Å²) in [6.45, 7) is 7.70. The van der Waals surface area contributed by atoms with Crippen LogP contribution in [0, 0.1) is 13.8 Å². The second kappa shape index (κ2) is 14.3. The molecule has 0 unspecified atom stereocenters. The van der Waals surface area contributed by atoms with E-state index in [2.05, 4.69) is 35.9 Å². The summed E-state index contributed by atoms with van der Waals surface area (Å²) in [6, 6.07) is 12.8. The van der Waals surface area contributed by atoms with Crippen LogP contribution in [0.3, 0.4) is 0 Å². The number of pyridine rings is 1. The summed E-state index contributed by atoms with van der Waals surface area (Å²) in [6.07, 6.45) is 0.539. The molecule has 3 heterocycles. The number of carbonyl (C=O) groups is 1. The molecule has 0 saturated heterocycles. The maximum atomic E-state index is 13.4. The van der Waals surface area contributed by atoms with Gasteiger partial charge in [-0.25, -0.2) is 19.7 Å². The van der Waals surface area contributed by atoms with E-state index in [9.17, 15) is 18.0 Å². The van der Waals surface area contributed by atoms with E-state index >= 15 is 0 Å². The number of aryl methyl sites for hydroxylation is 2. The number of aromatic nitrogens is 4. The topological polar surface area (TPSA) is 123 Å². The Morgan fingerprint density at radius 2 is 1.61 bits per heavy atom. The lowest BCUT2D eigenvalue weighted by molar-refractivity contribution is -0.137. The monoisotopic (exact) mass is 649 g/mol. The molecule has 0 aliphatic rings. The molecule has 46 heavy (non-hydrogen) atoms. The van der Waals surface area contributed by atoms with Crippen LogP contribution >= 0.6 is 11.3 Å². The van der Waals surface area contributed by atoms with Crippen molar-refractivity contribution < 1.29 is 27.4 Å².